The van der Waals surface area contributed by atoms with E-state index in [1.54, 1.807) is 6.33 Å². The molecule has 1 saturated carbocycles. The number of esters is 1. The van der Waals surface area contributed by atoms with E-state index in [0.29, 0.717) is 18.9 Å². The number of ether oxygens (including phenoxy) is 2. The normalized spacial score (nSPS) is 22.4. The molecule has 0 bridgehead atoms. The summed E-state index contributed by atoms with van der Waals surface area (Å²) in [4.78, 5) is 25.1. The van der Waals surface area contributed by atoms with Crippen LogP contribution in [-0.2, 0) is 24.7 Å². The van der Waals surface area contributed by atoms with Crippen LogP contribution in [0.1, 0.15) is 90.2 Å². The molecule has 2 aromatic heterocycles. The Hall–Kier alpha value is -2.68. The molecule has 0 radical (unpaired) electrons. The summed E-state index contributed by atoms with van der Waals surface area (Å²) < 4.78 is 14.0. The van der Waals surface area contributed by atoms with E-state index in [1.165, 1.54) is 32.1 Å². The molecule has 9 heteroatoms. The van der Waals surface area contributed by atoms with Crippen LogP contribution in [-0.4, -0.2) is 51.4 Å². The number of carbonyl (C=O) groups excluding carboxylic acids is 1. The highest BCUT2D eigenvalue weighted by Crippen LogP contribution is 2.40. The number of rotatable bonds is 10. The van der Waals surface area contributed by atoms with Crippen molar-refractivity contribution in [3.05, 3.63) is 24.2 Å². The third-order valence-corrected chi connectivity index (χ3v) is 7.05. The van der Waals surface area contributed by atoms with Crippen LogP contribution >= 0.6 is 0 Å². The molecule has 2 atom stereocenters. The lowest BCUT2D eigenvalue weighted by molar-refractivity contribution is -0.151. The Labute approximate surface area is 207 Å². The Morgan fingerprint density at radius 1 is 1.29 bits per heavy atom. The fourth-order valence-corrected chi connectivity index (χ4v) is 5.15. The third kappa shape index (κ3) is 7.40. The number of unbranched alkanes of at least 4 members (excludes halogenated alkanes) is 2. The number of fused-ring (bicyclic) bond motifs is 1. The van der Waals surface area contributed by atoms with E-state index in [1.807, 2.05) is 4.52 Å². The van der Waals surface area contributed by atoms with Gasteiger partial charge in [-0.3, -0.25) is 9.59 Å². The quantitative estimate of drug-likeness (QED) is 0.274. The first-order chi connectivity index (χ1) is 17.0. The lowest BCUT2D eigenvalue weighted by atomic mass is 9.87. The van der Waals surface area contributed by atoms with Crippen molar-refractivity contribution in [3.8, 4) is 0 Å². The second kappa shape index (κ2) is 13.4. The maximum Gasteiger partial charge on any atom is 0.306 e. The Balaban J connectivity index is 0.00000108. The Bertz CT molecular complexity index is 943. The van der Waals surface area contributed by atoms with Gasteiger partial charge in [0.1, 0.15) is 24.1 Å². The SMILES string of the molecule is CCCCCNc1ncnn2c([C@@]3(C)CCC(COC(=O)CC4CCCCC4)O3)ccc12.O=CO. The minimum atomic E-state index is -0.458. The van der Waals surface area contributed by atoms with Crippen molar-refractivity contribution < 1.29 is 24.2 Å². The van der Waals surface area contributed by atoms with Crippen LogP contribution in [0.4, 0.5) is 5.82 Å². The number of hydrogen-bond donors (Lipinski definition) is 2. The highest BCUT2D eigenvalue weighted by atomic mass is 16.6. The first kappa shape index (κ1) is 26.9. The molecule has 1 unspecified atom stereocenters. The van der Waals surface area contributed by atoms with Gasteiger partial charge in [0.25, 0.3) is 6.47 Å². The molecule has 2 fully saturated rings. The van der Waals surface area contributed by atoms with Crippen LogP contribution in [0.5, 0.6) is 0 Å². The van der Waals surface area contributed by atoms with E-state index >= 15 is 0 Å². The molecule has 2 aliphatic rings. The zero-order valence-electron chi connectivity index (χ0n) is 21.1. The van der Waals surface area contributed by atoms with Crippen LogP contribution in [0.15, 0.2) is 18.5 Å². The van der Waals surface area contributed by atoms with Gasteiger partial charge in [-0.05, 0) is 57.1 Å². The number of carbonyl (C=O) groups is 2. The second-order valence-corrected chi connectivity index (χ2v) is 9.76. The molecule has 9 nitrogen and oxygen atoms in total. The average Bonchev–Trinajstić information content (AvgIpc) is 3.47. The molecule has 0 amide bonds. The van der Waals surface area contributed by atoms with Gasteiger partial charge in [-0.2, -0.15) is 5.10 Å². The zero-order valence-corrected chi connectivity index (χ0v) is 21.1. The second-order valence-electron chi connectivity index (χ2n) is 9.76. The standard InChI is InChI=1S/C25H38N4O3.CH2O2/c1-3-4-8-15-26-24-21-11-12-22(29(21)28-18-27-24)25(2)14-13-20(32-25)17-31-23(30)16-19-9-6-5-7-10-19;2-1-3/h11-12,18-20H,3-10,13-17H2,1-2H3,(H,26,27,28);1H,(H,2,3)/t20?,25-;/m1./s1. The topological polar surface area (TPSA) is 115 Å². The summed E-state index contributed by atoms with van der Waals surface area (Å²) in [6, 6.07) is 4.14. The minimum absolute atomic E-state index is 0.0747. The fourth-order valence-electron chi connectivity index (χ4n) is 5.15. The van der Waals surface area contributed by atoms with Crippen molar-refractivity contribution in [1.82, 2.24) is 14.6 Å². The summed E-state index contributed by atoms with van der Waals surface area (Å²) in [5, 5.41) is 14.8. The van der Waals surface area contributed by atoms with E-state index in [4.69, 9.17) is 19.4 Å². The van der Waals surface area contributed by atoms with Crippen molar-refractivity contribution in [3.63, 3.8) is 0 Å². The molecule has 1 aliphatic heterocycles. The summed E-state index contributed by atoms with van der Waals surface area (Å²) in [6.07, 6.45) is 13.5. The lowest BCUT2D eigenvalue weighted by Gasteiger charge is -2.25. The molecule has 194 valence electrons. The van der Waals surface area contributed by atoms with Crippen molar-refractivity contribution in [1.29, 1.82) is 0 Å². The van der Waals surface area contributed by atoms with Gasteiger partial charge in [-0.25, -0.2) is 9.50 Å². The van der Waals surface area contributed by atoms with Crippen LogP contribution in [0.2, 0.25) is 0 Å². The Morgan fingerprint density at radius 2 is 2.06 bits per heavy atom. The van der Waals surface area contributed by atoms with Gasteiger partial charge in [-0.15, -0.1) is 0 Å². The molecule has 3 heterocycles. The summed E-state index contributed by atoms with van der Waals surface area (Å²) in [7, 11) is 0. The first-order valence-corrected chi connectivity index (χ1v) is 13.0. The maximum absolute atomic E-state index is 12.3. The minimum Gasteiger partial charge on any atom is -0.483 e. The van der Waals surface area contributed by atoms with Gasteiger partial charge in [0.15, 0.2) is 5.82 Å². The van der Waals surface area contributed by atoms with Gasteiger partial charge >= 0.3 is 5.97 Å². The number of hydrogen-bond acceptors (Lipinski definition) is 7. The molecular formula is C26H40N4O5. The van der Waals surface area contributed by atoms with Crippen molar-refractivity contribution >= 4 is 23.8 Å². The summed E-state index contributed by atoms with van der Waals surface area (Å²) in [5.41, 5.74) is 1.52. The highest BCUT2D eigenvalue weighted by molar-refractivity contribution is 5.69. The molecule has 1 saturated heterocycles. The smallest absolute Gasteiger partial charge is 0.306 e. The van der Waals surface area contributed by atoms with E-state index in [-0.39, 0.29) is 18.5 Å². The molecule has 0 aromatic carbocycles. The van der Waals surface area contributed by atoms with E-state index in [2.05, 4.69) is 41.4 Å². The van der Waals surface area contributed by atoms with Crippen LogP contribution in [0.25, 0.3) is 5.52 Å². The van der Waals surface area contributed by atoms with Gasteiger partial charge < -0.3 is 19.9 Å². The van der Waals surface area contributed by atoms with Crippen molar-refractivity contribution in [2.24, 2.45) is 5.92 Å². The largest absolute Gasteiger partial charge is 0.483 e. The monoisotopic (exact) mass is 488 g/mol. The number of anilines is 1. The molecule has 2 N–H and O–H groups in total. The maximum atomic E-state index is 12.3. The van der Waals surface area contributed by atoms with Gasteiger partial charge in [0, 0.05) is 13.0 Å². The van der Waals surface area contributed by atoms with Crippen molar-refractivity contribution in [2.75, 3.05) is 18.5 Å². The predicted octanol–water partition coefficient (Wildman–Crippen LogP) is 4.94. The van der Waals surface area contributed by atoms with E-state index < -0.39 is 5.60 Å². The first-order valence-electron chi connectivity index (χ1n) is 13.0. The molecule has 35 heavy (non-hydrogen) atoms. The number of nitrogens with one attached hydrogen (secondary N) is 1. The third-order valence-electron chi connectivity index (χ3n) is 7.05. The fraction of sp³-hybridized carbons (Fsp3) is 0.692. The van der Waals surface area contributed by atoms with Crippen LogP contribution in [0.3, 0.4) is 0 Å². The lowest BCUT2D eigenvalue weighted by Crippen LogP contribution is -2.27. The molecular weight excluding hydrogens is 448 g/mol. The Kier molecular flexibility index (Phi) is 10.3. The number of carboxylic acid groups (broad SMARTS) is 1. The summed E-state index contributed by atoms with van der Waals surface area (Å²) in [5.74, 6) is 1.29. The number of aromatic nitrogens is 3. The van der Waals surface area contributed by atoms with E-state index in [0.717, 1.165) is 55.7 Å². The molecule has 0 spiro atoms. The average molecular weight is 489 g/mol. The number of nitrogens with zero attached hydrogens (tertiary/aromatic N) is 3. The summed E-state index contributed by atoms with van der Waals surface area (Å²) >= 11 is 0. The van der Waals surface area contributed by atoms with Crippen LogP contribution in [0, 0.1) is 5.92 Å². The summed E-state index contributed by atoms with van der Waals surface area (Å²) in [6.45, 7) is 5.30. The van der Waals surface area contributed by atoms with Crippen LogP contribution < -0.4 is 5.32 Å². The Morgan fingerprint density at radius 3 is 2.80 bits per heavy atom. The molecule has 1 aliphatic carbocycles. The van der Waals surface area contributed by atoms with Crippen molar-refractivity contribution in [2.45, 2.75) is 96.2 Å². The zero-order chi connectivity index (χ0) is 25.1. The van der Waals surface area contributed by atoms with Gasteiger partial charge in [-0.1, -0.05) is 39.0 Å². The van der Waals surface area contributed by atoms with Gasteiger partial charge in [0.05, 0.1) is 11.8 Å². The molecule has 4 rings (SSSR count). The highest BCUT2D eigenvalue weighted by Gasteiger charge is 2.40. The van der Waals surface area contributed by atoms with Gasteiger partial charge in [0.2, 0.25) is 0 Å². The molecule has 2 aromatic rings. The predicted molar refractivity (Wildman–Crippen MR) is 133 cm³/mol. The van der Waals surface area contributed by atoms with E-state index in [9.17, 15) is 4.79 Å².